The van der Waals surface area contributed by atoms with Gasteiger partial charge < -0.3 is 15.4 Å². The Morgan fingerprint density at radius 3 is 2.33 bits per heavy atom. The van der Waals surface area contributed by atoms with Gasteiger partial charge in [-0.05, 0) is 49.2 Å². The summed E-state index contributed by atoms with van der Waals surface area (Å²) in [5.74, 6) is -1.13. The molecule has 3 rings (SSSR count). The number of benzene rings is 2. The summed E-state index contributed by atoms with van der Waals surface area (Å²) in [4.78, 5) is 24.5. The van der Waals surface area contributed by atoms with E-state index in [-0.39, 0.29) is 4.90 Å². The van der Waals surface area contributed by atoms with Gasteiger partial charge in [0, 0.05) is 31.5 Å². The molecule has 1 aliphatic rings. The zero-order chi connectivity index (χ0) is 21.6. The van der Waals surface area contributed by atoms with E-state index >= 15 is 0 Å². The summed E-state index contributed by atoms with van der Waals surface area (Å²) in [7, 11) is -1.83. The first-order valence-electron chi connectivity index (χ1n) is 9.76. The molecule has 0 aliphatic carbocycles. The maximum absolute atomic E-state index is 12.7. The molecular formula is C21H25N3O5S. The molecule has 0 saturated carbocycles. The van der Waals surface area contributed by atoms with Crippen LogP contribution in [0.15, 0.2) is 53.4 Å². The Balaban J connectivity index is 1.56. The van der Waals surface area contributed by atoms with Crippen molar-refractivity contribution in [3.8, 4) is 0 Å². The number of amides is 1. The molecule has 1 amide bonds. The number of rotatable bonds is 7. The minimum Gasteiger partial charge on any atom is -0.452 e. The number of nitrogens with one attached hydrogen (secondary N) is 2. The van der Waals surface area contributed by atoms with E-state index in [1.165, 1.54) is 28.6 Å². The Labute approximate surface area is 176 Å². The summed E-state index contributed by atoms with van der Waals surface area (Å²) >= 11 is 0. The highest BCUT2D eigenvalue weighted by Crippen LogP contribution is 2.22. The number of hydrogen-bond donors (Lipinski definition) is 2. The second-order valence-corrected chi connectivity index (χ2v) is 8.85. The fourth-order valence-electron chi connectivity index (χ4n) is 3.25. The van der Waals surface area contributed by atoms with Crippen molar-refractivity contribution in [2.45, 2.75) is 24.2 Å². The molecule has 0 aromatic heterocycles. The van der Waals surface area contributed by atoms with Crippen LogP contribution in [0, 0.1) is 0 Å². The predicted molar refractivity (Wildman–Crippen MR) is 114 cm³/mol. The Hall–Kier alpha value is -2.91. The van der Waals surface area contributed by atoms with Gasteiger partial charge in [-0.2, -0.15) is 4.31 Å². The van der Waals surface area contributed by atoms with Gasteiger partial charge in [0.2, 0.25) is 10.0 Å². The minimum absolute atomic E-state index is 0.192. The molecule has 1 saturated heterocycles. The lowest BCUT2D eigenvalue weighted by molar-refractivity contribution is -0.119. The zero-order valence-corrected chi connectivity index (χ0v) is 17.6. The van der Waals surface area contributed by atoms with Crippen LogP contribution >= 0.6 is 0 Å². The van der Waals surface area contributed by atoms with E-state index in [1.54, 1.807) is 31.3 Å². The van der Waals surface area contributed by atoms with Crippen molar-refractivity contribution in [2.75, 3.05) is 37.4 Å². The smallest absolute Gasteiger partial charge is 0.340 e. The molecule has 30 heavy (non-hydrogen) atoms. The number of carbonyl (C=O) groups excluding carboxylic acids is 2. The third-order valence-electron chi connectivity index (χ3n) is 4.84. The molecule has 160 valence electrons. The van der Waals surface area contributed by atoms with E-state index in [0.29, 0.717) is 30.0 Å². The number of carbonyl (C=O) groups is 2. The van der Waals surface area contributed by atoms with Crippen LogP contribution in [0.3, 0.4) is 0 Å². The van der Waals surface area contributed by atoms with Crippen LogP contribution in [0.25, 0.3) is 0 Å². The summed E-state index contributed by atoms with van der Waals surface area (Å²) in [5, 5.41) is 5.49. The van der Waals surface area contributed by atoms with Gasteiger partial charge >= 0.3 is 5.97 Å². The van der Waals surface area contributed by atoms with Crippen LogP contribution in [0.2, 0.25) is 0 Å². The number of para-hydroxylation sites is 1. The van der Waals surface area contributed by atoms with Crippen LogP contribution < -0.4 is 10.6 Å². The van der Waals surface area contributed by atoms with Crippen molar-refractivity contribution in [2.24, 2.45) is 0 Å². The van der Waals surface area contributed by atoms with E-state index < -0.39 is 28.5 Å². The molecule has 0 atom stereocenters. The summed E-state index contributed by atoms with van der Waals surface area (Å²) < 4.78 is 31.9. The first-order chi connectivity index (χ1) is 14.4. The average Bonchev–Trinajstić information content (AvgIpc) is 2.78. The van der Waals surface area contributed by atoms with Crippen molar-refractivity contribution in [1.82, 2.24) is 4.31 Å². The molecule has 0 radical (unpaired) electrons. The van der Waals surface area contributed by atoms with E-state index in [1.807, 2.05) is 0 Å². The second-order valence-electron chi connectivity index (χ2n) is 6.91. The average molecular weight is 432 g/mol. The monoisotopic (exact) mass is 431 g/mol. The van der Waals surface area contributed by atoms with Crippen molar-refractivity contribution < 1.29 is 22.7 Å². The second kappa shape index (κ2) is 9.73. The van der Waals surface area contributed by atoms with Gasteiger partial charge in [-0.25, -0.2) is 13.2 Å². The number of hydrogen-bond acceptors (Lipinski definition) is 6. The maximum Gasteiger partial charge on any atom is 0.340 e. The Morgan fingerprint density at radius 2 is 1.67 bits per heavy atom. The lowest BCUT2D eigenvalue weighted by Crippen LogP contribution is -2.35. The number of ether oxygens (including phenoxy) is 1. The first kappa shape index (κ1) is 21.8. The van der Waals surface area contributed by atoms with E-state index in [0.717, 1.165) is 19.3 Å². The largest absolute Gasteiger partial charge is 0.452 e. The number of sulfonamides is 1. The van der Waals surface area contributed by atoms with Gasteiger partial charge in [0.15, 0.2) is 6.61 Å². The Kier molecular flexibility index (Phi) is 7.07. The molecule has 0 bridgehead atoms. The number of esters is 1. The molecule has 1 fully saturated rings. The highest BCUT2D eigenvalue weighted by Gasteiger charge is 2.25. The zero-order valence-electron chi connectivity index (χ0n) is 16.8. The van der Waals surface area contributed by atoms with Gasteiger partial charge in [0.1, 0.15) is 0 Å². The lowest BCUT2D eigenvalue weighted by atomic mass is 10.2. The molecule has 1 heterocycles. The highest BCUT2D eigenvalue weighted by atomic mass is 32.2. The third kappa shape index (κ3) is 5.17. The highest BCUT2D eigenvalue weighted by molar-refractivity contribution is 7.89. The fourth-order valence-corrected chi connectivity index (χ4v) is 4.77. The summed E-state index contributed by atoms with van der Waals surface area (Å²) in [6, 6.07) is 12.8. The lowest BCUT2D eigenvalue weighted by Gasteiger charge is -2.25. The standard InChI is InChI=1S/C21H25N3O5S/c1-22-19-8-4-3-7-18(19)21(26)29-15-20(25)23-16-9-11-17(12-10-16)30(27,28)24-13-5-2-6-14-24/h3-4,7-12,22H,2,5-6,13-15H2,1H3,(H,23,25). The number of anilines is 2. The van der Waals surface area contributed by atoms with Crippen molar-refractivity contribution in [3.63, 3.8) is 0 Å². The third-order valence-corrected chi connectivity index (χ3v) is 6.75. The fraction of sp³-hybridized carbons (Fsp3) is 0.333. The van der Waals surface area contributed by atoms with Crippen LogP contribution in [0.1, 0.15) is 29.6 Å². The van der Waals surface area contributed by atoms with E-state index in [9.17, 15) is 18.0 Å². The Morgan fingerprint density at radius 1 is 1.00 bits per heavy atom. The molecule has 2 aromatic rings. The molecular weight excluding hydrogens is 406 g/mol. The van der Waals surface area contributed by atoms with Crippen molar-refractivity contribution >= 4 is 33.3 Å². The summed E-state index contributed by atoms with van der Waals surface area (Å²) in [6.45, 7) is 0.608. The number of nitrogens with zero attached hydrogens (tertiary/aromatic N) is 1. The topological polar surface area (TPSA) is 105 Å². The molecule has 2 N–H and O–H groups in total. The van der Waals surface area contributed by atoms with Crippen LogP contribution in [0.5, 0.6) is 0 Å². The minimum atomic E-state index is -3.52. The summed E-state index contributed by atoms with van der Waals surface area (Å²) in [6.07, 6.45) is 2.78. The van der Waals surface area contributed by atoms with Gasteiger partial charge in [-0.1, -0.05) is 18.6 Å². The molecule has 9 heteroatoms. The van der Waals surface area contributed by atoms with Gasteiger partial charge in [-0.15, -0.1) is 0 Å². The Bertz CT molecular complexity index is 1000. The van der Waals surface area contributed by atoms with Gasteiger partial charge in [-0.3, -0.25) is 4.79 Å². The summed E-state index contributed by atoms with van der Waals surface area (Å²) in [5.41, 5.74) is 1.36. The molecule has 0 spiro atoms. The van der Waals surface area contributed by atoms with Crippen molar-refractivity contribution in [1.29, 1.82) is 0 Å². The first-order valence-corrected chi connectivity index (χ1v) is 11.2. The molecule has 8 nitrogen and oxygen atoms in total. The van der Waals surface area contributed by atoms with Crippen LogP contribution in [-0.4, -0.2) is 51.3 Å². The maximum atomic E-state index is 12.7. The number of piperidine rings is 1. The van der Waals surface area contributed by atoms with Crippen molar-refractivity contribution in [3.05, 3.63) is 54.1 Å². The quantitative estimate of drug-likeness (QED) is 0.653. The van der Waals surface area contributed by atoms with E-state index in [2.05, 4.69) is 10.6 Å². The van der Waals surface area contributed by atoms with Crippen LogP contribution in [-0.2, 0) is 19.6 Å². The molecule has 1 aliphatic heterocycles. The van der Waals surface area contributed by atoms with Crippen LogP contribution in [0.4, 0.5) is 11.4 Å². The van der Waals surface area contributed by atoms with Gasteiger partial charge in [0.05, 0.1) is 10.5 Å². The SMILES string of the molecule is CNc1ccccc1C(=O)OCC(=O)Nc1ccc(S(=O)(=O)N2CCCCC2)cc1. The predicted octanol–water partition coefficient (Wildman–Crippen LogP) is 2.70. The van der Waals surface area contributed by atoms with Gasteiger partial charge in [0.25, 0.3) is 5.91 Å². The normalized spacial score (nSPS) is 14.7. The molecule has 2 aromatic carbocycles. The van der Waals surface area contributed by atoms with E-state index in [4.69, 9.17) is 4.74 Å². The molecule has 0 unspecified atom stereocenters.